The lowest BCUT2D eigenvalue weighted by atomic mass is 10.1. The molecule has 1 aliphatic heterocycles. The summed E-state index contributed by atoms with van der Waals surface area (Å²) in [4.78, 5) is 30.5. The van der Waals surface area contributed by atoms with E-state index in [1.807, 2.05) is 47.9 Å². The fraction of sp³-hybridized carbons (Fsp3) is 0.226. The summed E-state index contributed by atoms with van der Waals surface area (Å²) >= 11 is 0. The highest BCUT2D eigenvalue weighted by Crippen LogP contribution is 2.31. The summed E-state index contributed by atoms with van der Waals surface area (Å²) in [5.74, 6) is 0.497. The minimum Gasteiger partial charge on any atom is -0.497 e. The molecular formula is C31H30FN3O4. The van der Waals surface area contributed by atoms with Gasteiger partial charge in [-0.05, 0) is 67.1 Å². The molecule has 7 nitrogen and oxygen atoms in total. The largest absolute Gasteiger partial charge is 0.497 e. The second-order valence-corrected chi connectivity index (χ2v) is 9.36. The zero-order chi connectivity index (χ0) is 27.5. The predicted molar refractivity (Wildman–Crippen MR) is 147 cm³/mol. The Bertz CT molecular complexity index is 1490. The van der Waals surface area contributed by atoms with Crippen LogP contribution in [0.25, 0.3) is 16.9 Å². The van der Waals surface area contributed by atoms with Crippen molar-refractivity contribution in [3.05, 3.63) is 102 Å². The average molecular weight is 528 g/mol. The third kappa shape index (κ3) is 5.10. The molecule has 2 heterocycles. The fourth-order valence-corrected chi connectivity index (χ4v) is 4.99. The van der Waals surface area contributed by atoms with E-state index in [0.29, 0.717) is 48.8 Å². The first-order valence-corrected chi connectivity index (χ1v) is 12.8. The van der Waals surface area contributed by atoms with Gasteiger partial charge >= 0.3 is 0 Å². The Morgan fingerprint density at radius 2 is 1.36 bits per heavy atom. The van der Waals surface area contributed by atoms with E-state index < -0.39 is 0 Å². The molecule has 0 unspecified atom stereocenters. The lowest BCUT2D eigenvalue weighted by molar-refractivity contribution is 0.0533. The number of hydrogen-bond acceptors (Lipinski definition) is 4. The average Bonchev–Trinajstić information content (AvgIpc) is 3.33. The van der Waals surface area contributed by atoms with E-state index >= 15 is 0 Å². The monoisotopic (exact) mass is 527 g/mol. The zero-order valence-corrected chi connectivity index (χ0v) is 22.2. The van der Waals surface area contributed by atoms with Gasteiger partial charge in [0.2, 0.25) is 0 Å². The van der Waals surface area contributed by atoms with Crippen molar-refractivity contribution in [1.82, 2.24) is 14.4 Å². The molecule has 3 aromatic carbocycles. The van der Waals surface area contributed by atoms with E-state index in [1.165, 1.54) is 19.2 Å². The Hall–Kier alpha value is -4.59. The predicted octanol–water partition coefficient (Wildman–Crippen LogP) is 5.21. The van der Waals surface area contributed by atoms with Gasteiger partial charge in [-0.2, -0.15) is 0 Å². The molecule has 0 bridgehead atoms. The highest BCUT2D eigenvalue weighted by Gasteiger charge is 2.29. The molecule has 1 aromatic heterocycles. The molecule has 0 saturated carbocycles. The molecule has 1 fully saturated rings. The molecule has 200 valence electrons. The van der Waals surface area contributed by atoms with Crippen LogP contribution < -0.4 is 9.47 Å². The summed E-state index contributed by atoms with van der Waals surface area (Å²) in [7, 11) is 3.08. The molecule has 39 heavy (non-hydrogen) atoms. The van der Waals surface area contributed by atoms with Crippen molar-refractivity contribution in [2.75, 3.05) is 40.4 Å². The summed E-state index contributed by atoms with van der Waals surface area (Å²) in [6.45, 7) is 3.55. The quantitative estimate of drug-likeness (QED) is 0.346. The van der Waals surface area contributed by atoms with E-state index in [-0.39, 0.29) is 17.6 Å². The van der Waals surface area contributed by atoms with Crippen molar-refractivity contribution in [3.8, 4) is 28.4 Å². The van der Waals surface area contributed by atoms with Gasteiger partial charge in [-0.1, -0.05) is 18.2 Å². The van der Waals surface area contributed by atoms with E-state index in [1.54, 1.807) is 47.2 Å². The third-order valence-corrected chi connectivity index (χ3v) is 7.13. The van der Waals surface area contributed by atoms with Crippen LogP contribution in [-0.2, 0) is 0 Å². The summed E-state index contributed by atoms with van der Waals surface area (Å²) in [5, 5.41) is 0. The lowest BCUT2D eigenvalue weighted by Gasteiger charge is -2.35. The number of rotatable bonds is 6. The highest BCUT2D eigenvalue weighted by molar-refractivity contribution is 5.99. The van der Waals surface area contributed by atoms with Crippen LogP contribution in [0, 0.1) is 12.7 Å². The van der Waals surface area contributed by atoms with Crippen LogP contribution >= 0.6 is 0 Å². The number of piperazine rings is 1. The third-order valence-electron chi connectivity index (χ3n) is 7.13. The van der Waals surface area contributed by atoms with Crippen LogP contribution in [0.15, 0.2) is 78.9 Å². The van der Waals surface area contributed by atoms with Crippen molar-refractivity contribution in [3.63, 3.8) is 0 Å². The summed E-state index contributed by atoms with van der Waals surface area (Å²) in [6.07, 6.45) is 0. The number of nitrogens with zero attached hydrogens (tertiary/aromatic N) is 3. The Balaban J connectivity index is 1.38. The maximum Gasteiger partial charge on any atom is 0.257 e. The van der Waals surface area contributed by atoms with E-state index in [0.717, 1.165) is 22.6 Å². The Kier molecular flexibility index (Phi) is 7.36. The number of hydrogen-bond donors (Lipinski definition) is 0. The minimum absolute atomic E-state index is 0.0975. The van der Waals surface area contributed by atoms with Gasteiger partial charge in [0.15, 0.2) is 0 Å². The number of carbonyl (C=O) groups excluding carboxylic acids is 2. The van der Waals surface area contributed by atoms with E-state index in [9.17, 15) is 14.0 Å². The van der Waals surface area contributed by atoms with Gasteiger partial charge in [-0.15, -0.1) is 0 Å². The Morgan fingerprint density at radius 1 is 0.744 bits per heavy atom. The van der Waals surface area contributed by atoms with Crippen LogP contribution in [-0.4, -0.2) is 66.6 Å². The number of halogens is 1. The first-order valence-electron chi connectivity index (χ1n) is 12.8. The maximum atomic E-state index is 13.7. The number of methoxy groups -OCH3 is 2. The minimum atomic E-state index is -0.315. The van der Waals surface area contributed by atoms with Crippen molar-refractivity contribution in [2.24, 2.45) is 0 Å². The number of ether oxygens (including phenoxy) is 2. The first kappa shape index (κ1) is 26.0. The van der Waals surface area contributed by atoms with Crippen LogP contribution in [0.1, 0.15) is 26.4 Å². The molecule has 0 atom stereocenters. The molecule has 8 heteroatoms. The standard InChI is InChI=1S/C31H30FN3O4/c1-21-27(20-28(22-9-11-23(32)12-10-22)35(21)24-7-5-4-6-8-24)31(37)34-17-15-33(16-18-34)30(36)26-14-13-25(38-2)19-29(26)39-3/h4-14,19-20H,15-18H2,1-3H3. The van der Waals surface area contributed by atoms with Gasteiger partial charge in [0.25, 0.3) is 11.8 Å². The van der Waals surface area contributed by atoms with Gasteiger partial charge in [0, 0.05) is 43.6 Å². The van der Waals surface area contributed by atoms with Gasteiger partial charge in [-0.25, -0.2) is 4.39 Å². The summed E-state index contributed by atoms with van der Waals surface area (Å²) in [5.41, 5.74) is 4.37. The van der Waals surface area contributed by atoms with E-state index in [4.69, 9.17) is 9.47 Å². The highest BCUT2D eigenvalue weighted by atomic mass is 19.1. The lowest BCUT2D eigenvalue weighted by Crippen LogP contribution is -2.50. The normalized spacial score (nSPS) is 13.3. The van der Waals surface area contributed by atoms with Gasteiger partial charge in [-0.3, -0.25) is 9.59 Å². The zero-order valence-electron chi connectivity index (χ0n) is 22.2. The number of para-hydroxylation sites is 1. The van der Waals surface area contributed by atoms with Crippen molar-refractivity contribution < 1.29 is 23.5 Å². The molecule has 0 aliphatic carbocycles. The molecule has 0 spiro atoms. The Labute approximate surface area is 227 Å². The summed E-state index contributed by atoms with van der Waals surface area (Å²) in [6, 6.07) is 23.0. The number of benzene rings is 3. The molecule has 4 aromatic rings. The molecule has 2 amide bonds. The van der Waals surface area contributed by atoms with Crippen molar-refractivity contribution in [1.29, 1.82) is 0 Å². The second-order valence-electron chi connectivity index (χ2n) is 9.36. The van der Waals surface area contributed by atoms with Gasteiger partial charge in [0.1, 0.15) is 17.3 Å². The molecule has 1 saturated heterocycles. The van der Waals surface area contributed by atoms with E-state index in [2.05, 4.69) is 0 Å². The van der Waals surface area contributed by atoms with Crippen molar-refractivity contribution in [2.45, 2.75) is 6.92 Å². The molecule has 5 rings (SSSR count). The Morgan fingerprint density at radius 3 is 1.95 bits per heavy atom. The van der Waals surface area contributed by atoms with Crippen LogP contribution in [0.4, 0.5) is 4.39 Å². The number of aromatic nitrogens is 1. The van der Waals surface area contributed by atoms with Crippen LogP contribution in [0.5, 0.6) is 11.5 Å². The SMILES string of the molecule is COc1ccc(C(=O)N2CCN(C(=O)c3cc(-c4ccc(F)cc4)n(-c4ccccc4)c3C)CC2)c(OC)c1. The van der Waals surface area contributed by atoms with Crippen molar-refractivity contribution >= 4 is 11.8 Å². The molecule has 0 radical (unpaired) electrons. The molecular weight excluding hydrogens is 497 g/mol. The number of amides is 2. The van der Waals surface area contributed by atoms with Gasteiger partial charge in [0.05, 0.1) is 31.0 Å². The number of carbonyl (C=O) groups is 2. The van der Waals surface area contributed by atoms with Crippen LogP contribution in [0.3, 0.4) is 0 Å². The molecule has 1 aliphatic rings. The maximum absolute atomic E-state index is 13.7. The van der Waals surface area contributed by atoms with Gasteiger partial charge < -0.3 is 23.8 Å². The molecule has 0 N–H and O–H groups in total. The smallest absolute Gasteiger partial charge is 0.257 e. The fourth-order valence-electron chi connectivity index (χ4n) is 4.99. The summed E-state index contributed by atoms with van der Waals surface area (Å²) < 4.78 is 26.3. The topological polar surface area (TPSA) is 64.0 Å². The first-order chi connectivity index (χ1) is 18.9. The van der Waals surface area contributed by atoms with Crippen LogP contribution in [0.2, 0.25) is 0 Å². The second kappa shape index (κ2) is 11.0.